The number of anilines is 2. The zero-order chi connectivity index (χ0) is 40.7. The van der Waals surface area contributed by atoms with E-state index < -0.39 is 11.9 Å². The number of imide groups is 1. The first-order chi connectivity index (χ1) is 28.0. The van der Waals surface area contributed by atoms with Gasteiger partial charge in [-0.15, -0.1) is 0 Å². The second-order valence-electron chi connectivity index (χ2n) is 16.5. The van der Waals surface area contributed by atoms with Gasteiger partial charge in [0.1, 0.15) is 23.6 Å². The van der Waals surface area contributed by atoms with E-state index in [0.717, 1.165) is 74.7 Å². The summed E-state index contributed by atoms with van der Waals surface area (Å²) < 4.78 is 5.05. The molecule has 302 valence electrons. The first-order valence-electron chi connectivity index (χ1n) is 20.4. The lowest BCUT2D eigenvalue weighted by molar-refractivity contribution is -0.135. The number of carbonyl (C=O) groups is 3. The highest BCUT2D eigenvalue weighted by Gasteiger charge is 2.33. The second-order valence-corrected chi connectivity index (χ2v) is 16.5. The molecule has 15 heteroatoms. The number of hydrogen-bond donors (Lipinski definition) is 3. The van der Waals surface area contributed by atoms with Gasteiger partial charge in [-0.25, -0.2) is 14.8 Å². The molecule has 4 aromatic heterocycles. The molecule has 3 N–H and O–H groups in total. The summed E-state index contributed by atoms with van der Waals surface area (Å²) >= 11 is 0. The Kier molecular flexibility index (Phi) is 10.8. The van der Waals surface area contributed by atoms with Crippen LogP contribution < -0.4 is 26.5 Å². The third-order valence-electron chi connectivity index (χ3n) is 12.2. The lowest BCUT2D eigenvalue weighted by atomic mass is 9.85. The molecule has 6 heterocycles. The van der Waals surface area contributed by atoms with Crippen molar-refractivity contribution in [3.05, 3.63) is 76.6 Å². The second kappa shape index (κ2) is 16.1. The van der Waals surface area contributed by atoms with Crippen molar-refractivity contribution in [3.63, 3.8) is 0 Å². The van der Waals surface area contributed by atoms with Crippen LogP contribution in [0.5, 0.6) is 0 Å². The number of piperidine rings is 2. The van der Waals surface area contributed by atoms with Crippen molar-refractivity contribution in [1.82, 2.24) is 39.2 Å². The van der Waals surface area contributed by atoms with Gasteiger partial charge in [0.25, 0.3) is 5.91 Å². The van der Waals surface area contributed by atoms with Crippen LogP contribution in [0.2, 0.25) is 0 Å². The third kappa shape index (κ3) is 7.56. The minimum atomic E-state index is -0.706. The number of pyridine rings is 2. The summed E-state index contributed by atoms with van der Waals surface area (Å²) in [5.74, 6) is 0.329. The largest absolute Gasteiger partial charge is 0.382 e. The fourth-order valence-corrected chi connectivity index (χ4v) is 9.22. The van der Waals surface area contributed by atoms with Gasteiger partial charge in [0.2, 0.25) is 11.8 Å². The lowest BCUT2D eigenvalue weighted by Gasteiger charge is -2.40. The standard InChI is InChI=1S/C43H51N11O4/c1-26(2)47-33-21-37(53-19-14-29-20-28(22-44)23-46-40(29)53)45-24-32(33)41(56)48-30-10-8-27(9-11-30)25-50(3)31-15-17-52(18-16-31)34-6-5-7-35-39(34)51(4)43(58)54(35)36-12-13-38(55)49-42(36)57/h5-7,14,19-21,23-24,26-27,30-31,36H,8-13,15-18,25H2,1-4H3,(H,45,47)(H,48,56)(H,49,55,57)/t27-,30-,36?. The van der Waals surface area contributed by atoms with Gasteiger partial charge in [0.15, 0.2) is 0 Å². The van der Waals surface area contributed by atoms with Gasteiger partial charge in [-0.2, -0.15) is 5.26 Å². The average Bonchev–Trinajstić information content (AvgIpc) is 3.75. The van der Waals surface area contributed by atoms with Gasteiger partial charge in [-0.1, -0.05) is 6.07 Å². The highest BCUT2D eigenvalue weighted by molar-refractivity contribution is 6.01. The maximum atomic E-state index is 13.7. The Morgan fingerprint density at radius 1 is 1.02 bits per heavy atom. The highest BCUT2D eigenvalue weighted by Crippen LogP contribution is 2.33. The number of nitrogens with zero attached hydrogens (tertiary/aromatic N) is 8. The average molecular weight is 786 g/mol. The van der Waals surface area contributed by atoms with E-state index in [2.05, 4.69) is 54.9 Å². The highest BCUT2D eigenvalue weighted by atomic mass is 16.2. The van der Waals surface area contributed by atoms with Crippen LogP contribution in [0.25, 0.3) is 27.9 Å². The van der Waals surface area contributed by atoms with Crippen LogP contribution in [-0.4, -0.2) is 91.1 Å². The topological polar surface area (TPSA) is 175 Å². The molecule has 1 saturated carbocycles. The predicted octanol–water partition coefficient (Wildman–Crippen LogP) is 4.63. The molecule has 0 spiro atoms. The van der Waals surface area contributed by atoms with Crippen molar-refractivity contribution >= 4 is 51.2 Å². The molecule has 1 aromatic carbocycles. The number of benzene rings is 1. The summed E-state index contributed by atoms with van der Waals surface area (Å²) in [5, 5.41) is 19.2. The van der Waals surface area contributed by atoms with Gasteiger partial charge in [0.05, 0.1) is 33.5 Å². The number of imidazole rings is 1. The van der Waals surface area contributed by atoms with Crippen LogP contribution in [0.4, 0.5) is 11.4 Å². The van der Waals surface area contributed by atoms with Crippen LogP contribution in [0.1, 0.15) is 87.2 Å². The fraction of sp³-hybridized carbons (Fsp3) is 0.465. The van der Waals surface area contributed by atoms with E-state index in [4.69, 9.17) is 0 Å². The number of fused-ring (bicyclic) bond motifs is 2. The van der Waals surface area contributed by atoms with E-state index in [0.29, 0.717) is 52.2 Å². The Morgan fingerprint density at radius 2 is 1.79 bits per heavy atom. The molecule has 15 nitrogen and oxygen atoms in total. The van der Waals surface area contributed by atoms with Crippen molar-refractivity contribution < 1.29 is 14.4 Å². The monoisotopic (exact) mass is 785 g/mol. The number of nitrogens with one attached hydrogen (secondary N) is 3. The quantitative estimate of drug-likeness (QED) is 0.169. The number of hydrogen-bond acceptors (Lipinski definition) is 10. The Hall–Kier alpha value is -6.01. The molecule has 58 heavy (non-hydrogen) atoms. The van der Waals surface area contributed by atoms with E-state index >= 15 is 0 Å². The fourth-order valence-electron chi connectivity index (χ4n) is 9.22. The van der Waals surface area contributed by atoms with Crippen LogP contribution in [0, 0.1) is 17.2 Å². The van der Waals surface area contributed by atoms with Crippen molar-refractivity contribution in [2.45, 2.75) is 89.4 Å². The summed E-state index contributed by atoms with van der Waals surface area (Å²) in [6.45, 7) is 6.80. The smallest absolute Gasteiger partial charge is 0.329 e. The molecule has 0 bridgehead atoms. The first kappa shape index (κ1) is 38.8. The minimum absolute atomic E-state index is 0.0966. The van der Waals surface area contributed by atoms with Crippen molar-refractivity contribution in [3.8, 4) is 11.9 Å². The SMILES string of the molecule is CC(C)Nc1cc(-n2ccc3cc(C#N)cnc32)ncc1C(=O)N[C@H]1CC[C@H](CN(C)C2CCN(c3cccc4c3n(C)c(=O)n4C3CCC(=O)NC3=O)CC2)CC1. The van der Waals surface area contributed by atoms with Crippen molar-refractivity contribution in [2.24, 2.45) is 13.0 Å². The molecule has 3 fully saturated rings. The molecule has 5 aromatic rings. The number of rotatable bonds is 10. The van der Waals surface area contributed by atoms with Crippen molar-refractivity contribution in [2.75, 3.05) is 36.9 Å². The number of para-hydroxylation sites is 1. The molecular formula is C43H51N11O4. The van der Waals surface area contributed by atoms with Crippen LogP contribution >= 0.6 is 0 Å². The van der Waals surface area contributed by atoms with E-state index in [-0.39, 0.29) is 36.0 Å². The molecule has 1 atom stereocenters. The Bertz CT molecular complexity index is 2480. The summed E-state index contributed by atoms with van der Waals surface area (Å²) in [6, 6.07) is 13.5. The molecule has 8 rings (SSSR count). The van der Waals surface area contributed by atoms with Gasteiger partial charge in [0, 0.05) is 81.3 Å². The molecule has 1 unspecified atom stereocenters. The van der Waals surface area contributed by atoms with Crippen LogP contribution in [0.15, 0.2) is 59.8 Å². The zero-order valence-electron chi connectivity index (χ0n) is 33.6. The molecule has 1 aliphatic carbocycles. The summed E-state index contributed by atoms with van der Waals surface area (Å²) in [4.78, 5) is 65.7. The molecule has 3 aliphatic rings. The summed E-state index contributed by atoms with van der Waals surface area (Å²) in [6.07, 6.45) is 11.5. The predicted molar refractivity (Wildman–Crippen MR) is 222 cm³/mol. The summed E-state index contributed by atoms with van der Waals surface area (Å²) in [7, 11) is 3.99. The molecular weight excluding hydrogens is 735 g/mol. The number of carbonyl (C=O) groups excluding carboxylic acids is 3. The zero-order valence-corrected chi connectivity index (χ0v) is 33.6. The number of amides is 3. The Labute approximate surface area is 337 Å². The third-order valence-corrected chi connectivity index (χ3v) is 12.2. The number of aromatic nitrogens is 5. The molecule has 2 saturated heterocycles. The van der Waals surface area contributed by atoms with Gasteiger partial charge < -0.3 is 20.4 Å². The first-order valence-corrected chi connectivity index (χ1v) is 20.4. The van der Waals surface area contributed by atoms with E-state index in [1.54, 1.807) is 34.6 Å². The van der Waals surface area contributed by atoms with Gasteiger partial charge >= 0.3 is 5.69 Å². The van der Waals surface area contributed by atoms with E-state index in [9.17, 15) is 24.4 Å². The maximum Gasteiger partial charge on any atom is 0.329 e. The van der Waals surface area contributed by atoms with Gasteiger partial charge in [-0.3, -0.25) is 33.4 Å². The molecule has 2 aliphatic heterocycles. The number of nitriles is 1. The minimum Gasteiger partial charge on any atom is -0.382 e. The summed E-state index contributed by atoms with van der Waals surface area (Å²) in [5.41, 5.74) is 4.67. The van der Waals surface area contributed by atoms with Crippen LogP contribution in [0.3, 0.4) is 0 Å². The van der Waals surface area contributed by atoms with E-state index in [1.165, 1.54) is 0 Å². The van der Waals surface area contributed by atoms with Gasteiger partial charge in [-0.05, 0) is 96.0 Å². The normalized spacial score (nSPS) is 20.5. The number of aryl methyl sites for hydroxylation is 1. The van der Waals surface area contributed by atoms with E-state index in [1.807, 2.05) is 48.9 Å². The molecule has 3 amide bonds. The maximum absolute atomic E-state index is 13.7. The van der Waals surface area contributed by atoms with Crippen LogP contribution in [-0.2, 0) is 16.6 Å². The Morgan fingerprint density at radius 3 is 2.52 bits per heavy atom. The lowest BCUT2D eigenvalue weighted by Crippen LogP contribution is -2.46. The van der Waals surface area contributed by atoms with Crippen molar-refractivity contribution in [1.29, 1.82) is 5.26 Å². The molecule has 0 radical (unpaired) electrons. The Balaban J connectivity index is 0.855.